The molecule has 0 fully saturated rings. The predicted molar refractivity (Wildman–Crippen MR) is 66.8 cm³/mol. The molecule has 0 saturated heterocycles. The smallest absolute Gasteiger partial charge is 0.231 e. The fourth-order valence-electron chi connectivity index (χ4n) is 1.26. The van der Waals surface area contributed by atoms with Gasteiger partial charge in [0, 0.05) is 17.5 Å². The third-order valence-corrected chi connectivity index (χ3v) is 3.69. The van der Waals surface area contributed by atoms with Crippen molar-refractivity contribution >= 4 is 33.2 Å². The minimum atomic E-state index is -0.278. The van der Waals surface area contributed by atoms with Gasteiger partial charge in [0.2, 0.25) is 5.91 Å². The lowest BCUT2D eigenvalue weighted by Gasteiger charge is -2.24. The van der Waals surface area contributed by atoms with Gasteiger partial charge in [-0.25, -0.2) is 0 Å². The molecule has 1 rings (SSSR count). The lowest BCUT2D eigenvalue weighted by Crippen LogP contribution is -2.37. The Hall–Kier alpha value is -0.390. The average Bonchev–Trinajstić information content (AvgIpc) is 2.49. The first kappa shape index (κ1) is 12.7. The Bertz CT molecular complexity index is 338. The van der Waals surface area contributed by atoms with Crippen LogP contribution in [0.1, 0.15) is 18.7 Å². The van der Waals surface area contributed by atoms with E-state index in [4.69, 9.17) is 5.73 Å². The Morgan fingerprint density at radius 3 is 2.67 bits per heavy atom. The Balaban J connectivity index is 2.62. The first-order chi connectivity index (χ1) is 6.99. The highest BCUT2D eigenvalue weighted by atomic mass is 79.9. The summed E-state index contributed by atoms with van der Waals surface area (Å²) in [5.41, 5.74) is 5.20. The van der Waals surface area contributed by atoms with E-state index in [0.717, 1.165) is 10.3 Å². The van der Waals surface area contributed by atoms with E-state index in [1.165, 1.54) is 4.88 Å². The number of rotatable bonds is 5. The molecule has 0 aromatic carbocycles. The van der Waals surface area contributed by atoms with Crippen molar-refractivity contribution in [2.75, 3.05) is 6.54 Å². The molecule has 1 amide bonds. The van der Waals surface area contributed by atoms with Crippen LogP contribution >= 0.6 is 27.3 Å². The van der Waals surface area contributed by atoms with Gasteiger partial charge in [-0.05, 0) is 41.9 Å². The van der Waals surface area contributed by atoms with Crippen LogP contribution in [0.15, 0.2) is 15.9 Å². The van der Waals surface area contributed by atoms with Crippen LogP contribution in [0.25, 0.3) is 0 Å². The molecule has 0 radical (unpaired) electrons. The summed E-state index contributed by atoms with van der Waals surface area (Å²) in [6.45, 7) is 5.21. The Morgan fingerprint density at radius 2 is 2.27 bits per heavy atom. The summed E-state index contributed by atoms with van der Waals surface area (Å²) in [6.07, 6.45) is 0. The van der Waals surface area contributed by atoms with Crippen molar-refractivity contribution in [3.05, 3.63) is 20.8 Å². The number of nitrogens with zero attached hydrogens (tertiary/aromatic N) is 1. The number of hydrogen-bond donors (Lipinski definition) is 1. The minimum Gasteiger partial charge on any atom is -0.369 e. The van der Waals surface area contributed by atoms with E-state index in [9.17, 15) is 4.79 Å². The van der Waals surface area contributed by atoms with E-state index in [2.05, 4.69) is 40.7 Å². The molecule has 1 aromatic rings. The van der Waals surface area contributed by atoms with Crippen LogP contribution < -0.4 is 5.73 Å². The van der Waals surface area contributed by atoms with Gasteiger partial charge in [0.25, 0.3) is 0 Å². The Morgan fingerprint density at radius 1 is 1.60 bits per heavy atom. The number of nitrogens with two attached hydrogens (primary N) is 1. The van der Waals surface area contributed by atoms with Crippen molar-refractivity contribution in [2.24, 2.45) is 5.73 Å². The van der Waals surface area contributed by atoms with Gasteiger partial charge in [0.05, 0.1) is 10.3 Å². The fraction of sp³-hybridized carbons (Fsp3) is 0.500. The van der Waals surface area contributed by atoms with Crippen LogP contribution in [0.5, 0.6) is 0 Å². The summed E-state index contributed by atoms with van der Waals surface area (Å²) in [6, 6.07) is 4.40. The molecule has 5 heteroatoms. The molecule has 0 spiro atoms. The molecule has 0 atom stereocenters. The zero-order valence-corrected chi connectivity index (χ0v) is 11.3. The second-order valence-electron chi connectivity index (χ2n) is 3.67. The van der Waals surface area contributed by atoms with Crippen molar-refractivity contribution in [1.29, 1.82) is 0 Å². The SMILES string of the molecule is CC(C)N(CC(N)=O)Cc1ccc(Br)s1. The lowest BCUT2D eigenvalue weighted by molar-refractivity contribution is -0.119. The van der Waals surface area contributed by atoms with Gasteiger partial charge in [-0.1, -0.05) is 0 Å². The topological polar surface area (TPSA) is 46.3 Å². The number of carbonyl (C=O) groups is 1. The van der Waals surface area contributed by atoms with Crippen LogP contribution in [0.4, 0.5) is 0 Å². The van der Waals surface area contributed by atoms with Crippen LogP contribution in [0, 0.1) is 0 Å². The largest absolute Gasteiger partial charge is 0.369 e. The first-order valence-electron chi connectivity index (χ1n) is 4.75. The molecule has 0 saturated carbocycles. The third-order valence-electron chi connectivity index (χ3n) is 2.08. The van der Waals surface area contributed by atoms with Gasteiger partial charge in [-0.15, -0.1) is 11.3 Å². The first-order valence-corrected chi connectivity index (χ1v) is 6.36. The number of carbonyl (C=O) groups excluding carboxylic acids is 1. The maximum absolute atomic E-state index is 10.9. The predicted octanol–water partition coefficient (Wildman–Crippen LogP) is 2.21. The van der Waals surface area contributed by atoms with E-state index in [1.807, 2.05) is 6.07 Å². The van der Waals surface area contributed by atoms with E-state index in [0.29, 0.717) is 12.6 Å². The van der Waals surface area contributed by atoms with E-state index in [1.54, 1.807) is 11.3 Å². The van der Waals surface area contributed by atoms with E-state index in [-0.39, 0.29) is 5.91 Å². The summed E-state index contributed by atoms with van der Waals surface area (Å²) in [5, 5.41) is 0. The zero-order valence-electron chi connectivity index (χ0n) is 8.87. The molecule has 15 heavy (non-hydrogen) atoms. The monoisotopic (exact) mass is 290 g/mol. The zero-order chi connectivity index (χ0) is 11.4. The van der Waals surface area contributed by atoms with Crippen LogP contribution in [0.2, 0.25) is 0 Å². The van der Waals surface area contributed by atoms with Crippen molar-refractivity contribution < 1.29 is 4.79 Å². The van der Waals surface area contributed by atoms with Gasteiger partial charge < -0.3 is 5.73 Å². The molecular formula is C10H15BrN2OS. The van der Waals surface area contributed by atoms with Crippen molar-refractivity contribution in [3.8, 4) is 0 Å². The van der Waals surface area contributed by atoms with Crippen molar-refractivity contribution in [2.45, 2.75) is 26.4 Å². The highest BCUT2D eigenvalue weighted by Gasteiger charge is 2.13. The molecule has 2 N–H and O–H groups in total. The summed E-state index contributed by atoms with van der Waals surface area (Å²) in [4.78, 5) is 14.2. The molecule has 0 bridgehead atoms. The number of hydrogen-bond acceptors (Lipinski definition) is 3. The molecule has 0 aliphatic heterocycles. The molecule has 0 aliphatic rings. The molecule has 1 heterocycles. The van der Waals surface area contributed by atoms with Gasteiger partial charge in [-0.2, -0.15) is 0 Å². The van der Waals surface area contributed by atoms with Crippen molar-refractivity contribution in [1.82, 2.24) is 4.90 Å². The quantitative estimate of drug-likeness (QED) is 0.904. The van der Waals surface area contributed by atoms with Crippen molar-refractivity contribution in [3.63, 3.8) is 0 Å². The van der Waals surface area contributed by atoms with Gasteiger partial charge in [0.1, 0.15) is 0 Å². The van der Waals surface area contributed by atoms with Crippen LogP contribution in [0.3, 0.4) is 0 Å². The molecule has 0 unspecified atom stereocenters. The molecule has 84 valence electrons. The third kappa shape index (κ3) is 4.32. The number of amides is 1. The van der Waals surface area contributed by atoms with Crippen LogP contribution in [-0.4, -0.2) is 23.4 Å². The van der Waals surface area contributed by atoms with Crippen LogP contribution in [-0.2, 0) is 11.3 Å². The van der Waals surface area contributed by atoms with Gasteiger partial charge in [0.15, 0.2) is 0 Å². The summed E-state index contributed by atoms with van der Waals surface area (Å²) in [5.74, 6) is -0.278. The minimum absolute atomic E-state index is 0.278. The van der Waals surface area contributed by atoms with Gasteiger partial charge >= 0.3 is 0 Å². The lowest BCUT2D eigenvalue weighted by atomic mass is 10.3. The molecule has 3 nitrogen and oxygen atoms in total. The summed E-state index contributed by atoms with van der Waals surface area (Å²) < 4.78 is 1.11. The average molecular weight is 291 g/mol. The standard InChI is InChI=1S/C10H15BrN2OS/c1-7(2)13(6-10(12)14)5-8-3-4-9(11)15-8/h3-4,7H,5-6H2,1-2H3,(H2,12,14). The number of primary amides is 1. The Labute approximate surface area is 102 Å². The number of thiophene rings is 1. The summed E-state index contributed by atoms with van der Waals surface area (Å²) >= 11 is 5.10. The maximum atomic E-state index is 10.9. The highest BCUT2D eigenvalue weighted by molar-refractivity contribution is 9.11. The molecular weight excluding hydrogens is 276 g/mol. The van der Waals surface area contributed by atoms with E-state index < -0.39 is 0 Å². The second kappa shape index (κ2) is 5.63. The fourth-order valence-corrected chi connectivity index (χ4v) is 2.77. The summed E-state index contributed by atoms with van der Waals surface area (Å²) in [7, 11) is 0. The number of halogens is 1. The molecule has 1 aromatic heterocycles. The highest BCUT2D eigenvalue weighted by Crippen LogP contribution is 2.23. The van der Waals surface area contributed by atoms with E-state index >= 15 is 0 Å². The Kier molecular flexibility index (Phi) is 4.76. The second-order valence-corrected chi connectivity index (χ2v) is 6.22. The molecule has 0 aliphatic carbocycles. The van der Waals surface area contributed by atoms with Gasteiger partial charge in [-0.3, -0.25) is 9.69 Å². The normalized spacial score (nSPS) is 11.3. The maximum Gasteiger partial charge on any atom is 0.231 e.